The van der Waals surface area contributed by atoms with Crippen LogP contribution in [0.15, 0.2) is 24.3 Å². The van der Waals surface area contributed by atoms with Crippen molar-refractivity contribution in [3.63, 3.8) is 0 Å². The standard InChI is InChI=1S/C15H19ClN2O2/c1-10-15(16)13(18(2)17-10)8-14(19)12-7-5-4-6-11(12)9-20-3/h4-7,14,19H,8-9H2,1-3H3. The van der Waals surface area contributed by atoms with Gasteiger partial charge < -0.3 is 9.84 Å². The van der Waals surface area contributed by atoms with Gasteiger partial charge in [-0.15, -0.1) is 0 Å². The molecule has 108 valence electrons. The second kappa shape index (κ2) is 6.39. The molecule has 0 aliphatic rings. The van der Waals surface area contributed by atoms with E-state index in [1.165, 1.54) is 0 Å². The fraction of sp³-hybridized carbons (Fsp3) is 0.400. The van der Waals surface area contributed by atoms with E-state index in [1.54, 1.807) is 11.8 Å². The van der Waals surface area contributed by atoms with Crippen LogP contribution in [0, 0.1) is 6.92 Å². The molecule has 0 saturated heterocycles. The Morgan fingerprint density at radius 2 is 2.10 bits per heavy atom. The predicted octanol–water partition coefficient (Wildman–Crippen LogP) is 2.80. The zero-order valence-corrected chi connectivity index (χ0v) is 12.7. The summed E-state index contributed by atoms with van der Waals surface area (Å²) >= 11 is 6.23. The molecule has 0 fully saturated rings. The second-order valence-electron chi connectivity index (χ2n) is 4.82. The summed E-state index contributed by atoms with van der Waals surface area (Å²) in [6.07, 6.45) is -0.203. The monoisotopic (exact) mass is 294 g/mol. The van der Waals surface area contributed by atoms with Crippen molar-refractivity contribution in [3.8, 4) is 0 Å². The lowest BCUT2D eigenvalue weighted by Crippen LogP contribution is -2.09. The first-order valence-corrected chi connectivity index (χ1v) is 6.85. The van der Waals surface area contributed by atoms with Gasteiger partial charge in [-0.3, -0.25) is 4.68 Å². The van der Waals surface area contributed by atoms with Crippen LogP contribution in [0.4, 0.5) is 0 Å². The first-order valence-electron chi connectivity index (χ1n) is 6.47. The minimum Gasteiger partial charge on any atom is -0.388 e. The molecule has 5 heteroatoms. The van der Waals surface area contributed by atoms with Crippen LogP contribution in [-0.2, 0) is 24.8 Å². The van der Waals surface area contributed by atoms with Crippen LogP contribution in [0.2, 0.25) is 5.02 Å². The smallest absolute Gasteiger partial charge is 0.0849 e. The van der Waals surface area contributed by atoms with Gasteiger partial charge in [-0.2, -0.15) is 5.10 Å². The number of methoxy groups -OCH3 is 1. The van der Waals surface area contributed by atoms with Gasteiger partial charge in [0.1, 0.15) is 0 Å². The van der Waals surface area contributed by atoms with Crippen LogP contribution in [0.1, 0.15) is 28.6 Å². The minimum absolute atomic E-state index is 0.427. The van der Waals surface area contributed by atoms with Crippen molar-refractivity contribution in [1.29, 1.82) is 0 Å². The number of rotatable bonds is 5. The molecule has 20 heavy (non-hydrogen) atoms. The number of nitrogens with zero attached hydrogens (tertiary/aromatic N) is 2. The molecular weight excluding hydrogens is 276 g/mol. The van der Waals surface area contributed by atoms with Crippen molar-refractivity contribution in [2.45, 2.75) is 26.1 Å². The molecule has 0 saturated carbocycles. The molecule has 1 heterocycles. The highest BCUT2D eigenvalue weighted by Gasteiger charge is 2.18. The average Bonchev–Trinajstić information content (AvgIpc) is 2.66. The number of aromatic nitrogens is 2. The molecule has 0 radical (unpaired) electrons. The van der Waals surface area contributed by atoms with Crippen molar-refractivity contribution in [2.24, 2.45) is 7.05 Å². The summed E-state index contributed by atoms with van der Waals surface area (Å²) in [5, 5.41) is 15.4. The third-order valence-electron chi connectivity index (χ3n) is 3.36. The van der Waals surface area contributed by atoms with Gasteiger partial charge >= 0.3 is 0 Å². The van der Waals surface area contributed by atoms with Gasteiger partial charge in [0.25, 0.3) is 0 Å². The highest BCUT2D eigenvalue weighted by atomic mass is 35.5. The number of benzene rings is 1. The molecule has 2 rings (SSSR count). The number of hydrogen-bond donors (Lipinski definition) is 1. The third-order valence-corrected chi connectivity index (χ3v) is 3.85. The molecule has 1 atom stereocenters. The van der Waals surface area contributed by atoms with Crippen LogP contribution in [0.3, 0.4) is 0 Å². The van der Waals surface area contributed by atoms with E-state index in [1.807, 2.05) is 38.2 Å². The van der Waals surface area contributed by atoms with Crippen molar-refractivity contribution >= 4 is 11.6 Å². The summed E-state index contributed by atoms with van der Waals surface area (Å²) in [5.41, 5.74) is 3.47. The van der Waals surface area contributed by atoms with Crippen molar-refractivity contribution in [1.82, 2.24) is 9.78 Å². The van der Waals surface area contributed by atoms with E-state index in [2.05, 4.69) is 5.10 Å². The van der Waals surface area contributed by atoms with Crippen LogP contribution >= 0.6 is 11.6 Å². The Hall–Kier alpha value is -1.36. The summed E-state index contributed by atoms with van der Waals surface area (Å²) in [6.45, 7) is 2.34. The molecule has 1 aromatic carbocycles. The van der Waals surface area contributed by atoms with E-state index < -0.39 is 6.10 Å². The molecule has 1 unspecified atom stereocenters. The Kier molecular flexibility index (Phi) is 4.81. The minimum atomic E-state index is -0.631. The fourth-order valence-corrected chi connectivity index (χ4v) is 2.58. The van der Waals surface area contributed by atoms with Gasteiger partial charge in [-0.1, -0.05) is 35.9 Å². The van der Waals surface area contributed by atoms with Crippen molar-refractivity contribution < 1.29 is 9.84 Å². The molecule has 0 aliphatic carbocycles. The number of aliphatic hydroxyl groups is 1. The van der Waals surface area contributed by atoms with Crippen LogP contribution in [-0.4, -0.2) is 22.0 Å². The van der Waals surface area contributed by atoms with Gasteiger partial charge in [0, 0.05) is 20.6 Å². The van der Waals surface area contributed by atoms with E-state index >= 15 is 0 Å². The Morgan fingerprint density at radius 3 is 2.70 bits per heavy atom. The summed E-state index contributed by atoms with van der Waals surface area (Å²) in [5.74, 6) is 0. The Bertz CT molecular complexity index is 596. The third kappa shape index (κ3) is 3.03. The first kappa shape index (κ1) is 15.0. The summed E-state index contributed by atoms with van der Waals surface area (Å²) < 4.78 is 6.89. The van der Waals surface area contributed by atoms with Gasteiger partial charge in [0.05, 0.1) is 29.1 Å². The summed E-state index contributed by atoms with van der Waals surface area (Å²) in [7, 11) is 3.48. The highest BCUT2D eigenvalue weighted by Crippen LogP contribution is 2.27. The molecule has 0 amide bonds. The number of ether oxygens (including phenoxy) is 1. The van der Waals surface area contributed by atoms with E-state index in [0.29, 0.717) is 18.1 Å². The van der Waals surface area contributed by atoms with Crippen LogP contribution in [0.5, 0.6) is 0 Å². The van der Waals surface area contributed by atoms with E-state index in [0.717, 1.165) is 22.5 Å². The van der Waals surface area contributed by atoms with Gasteiger partial charge in [-0.05, 0) is 18.1 Å². The zero-order valence-electron chi connectivity index (χ0n) is 11.9. The highest BCUT2D eigenvalue weighted by molar-refractivity contribution is 6.31. The maximum Gasteiger partial charge on any atom is 0.0849 e. The Morgan fingerprint density at radius 1 is 1.40 bits per heavy atom. The molecule has 2 aromatic rings. The van der Waals surface area contributed by atoms with Gasteiger partial charge in [-0.25, -0.2) is 0 Å². The van der Waals surface area contributed by atoms with E-state index in [4.69, 9.17) is 16.3 Å². The maximum absolute atomic E-state index is 10.5. The lowest BCUT2D eigenvalue weighted by atomic mass is 9.99. The van der Waals surface area contributed by atoms with Gasteiger partial charge in [0.15, 0.2) is 0 Å². The Labute approximate surface area is 123 Å². The van der Waals surface area contributed by atoms with Gasteiger partial charge in [0.2, 0.25) is 0 Å². The van der Waals surface area contributed by atoms with Crippen LogP contribution < -0.4 is 0 Å². The molecular formula is C15H19ClN2O2. The maximum atomic E-state index is 10.5. The number of aliphatic hydroxyl groups excluding tert-OH is 1. The van der Waals surface area contributed by atoms with Crippen molar-refractivity contribution in [3.05, 3.63) is 51.8 Å². The molecule has 0 spiro atoms. The van der Waals surface area contributed by atoms with Crippen molar-refractivity contribution in [2.75, 3.05) is 7.11 Å². The Balaban J connectivity index is 2.26. The normalized spacial score (nSPS) is 12.7. The number of hydrogen-bond acceptors (Lipinski definition) is 3. The summed E-state index contributed by atoms with van der Waals surface area (Å²) in [6, 6.07) is 7.72. The van der Waals surface area contributed by atoms with Crippen LogP contribution in [0.25, 0.3) is 0 Å². The van der Waals surface area contributed by atoms with E-state index in [-0.39, 0.29) is 0 Å². The van der Waals surface area contributed by atoms with E-state index in [9.17, 15) is 5.11 Å². The second-order valence-corrected chi connectivity index (χ2v) is 5.20. The molecule has 4 nitrogen and oxygen atoms in total. The number of halogens is 1. The quantitative estimate of drug-likeness (QED) is 0.922. The lowest BCUT2D eigenvalue weighted by Gasteiger charge is -2.15. The summed E-state index contributed by atoms with van der Waals surface area (Å²) in [4.78, 5) is 0. The SMILES string of the molecule is COCc1ccccc1C(O)Cc1c(Cl)c(C)nn1C. The largest absolute Gasteiger partial charge is 0.388 e. The topological polar surface area (TPSA) is 47.3 Å². The molecule has 1 N–H and O–H groups in total. The predicted molar refractivity (Wildman–Crippen MR) is 78.8 cm³/mol. The first-order chi connectivity index (χ1) is 9.54. The average molecular weight is 295 g/mol. The molecule has 0 aliphatic heterocycles. The zero-order chi connectivity index (χ0) is 14.7. The lowest BCUT2D eigenvalue weighted by molar-refractivity contribution is 0.160. The number of aryl methyl sites for hydroxylation is 2. The molecule has 0 bridgehead atoms. The fourth-order valence-electron chi connectivity index (χ4n) is 2.34. The molecule has 1 aromatic heterocycles.